The third-order valence-corrected chi connectivity index (χ3v) is 6.56. The van der Waals surface area contributed by atoms with Crippen LogP contribution in [0, 0.1) is 5.92 Å². The van der Waals surface area contributed by atoms with Gasteiger partial charge in [0.05, 0.1) is 7.11 Å². The number of rotatable bonds is 8. The predicted molar refractivity (Wildman–Crippen MR) is 133 cm³/mol. The van der Waals surface area contributed by atoms with Gasteiger partial charge in [-0.3, -0.25) is 4.79 Å². The van der Waals surface area contributed by atoms with Crippen molar-refractivity contribution in [2.75, 3.05) is 40.8 Å². The molecule has 0 saturated heterocycles. The molecule has 3 rings (SSSR count). The maximum atomic E-state index is 12.8. The molecule has 32 heavy (non-hydrogen) atoms. The van der Waals surface area contributed by atoms with Crippen molar-refractivity contribution in [3.05, 3.63) is 70.8 Å². The molecule has 0 unspecified atom stereocenters. The van der Waals surface area contributed by atoms with Gasteiger partial charge in [0.1, 0.15) is 5.75 Å². The highest BCUT2D eigenvalue weighted by atomic mass is 16.5. The average molecular weight is 435 g/mol. The zero-order chi connectivity index (χ0) is 23.1. The monoisotopic (exact) mass is 434 g/mol. The van der Waals surface area contributed by atoms with E-state index in [0.717, 1.165) is 49.4 Å². The van der Waals surface area contributed by atoms with Gasteiger partial charge in [-0.05, 0) is 94.4 Å². The van der Waals surface area contributed by atoms with Crippen LogP contribution in [0.1, 0.15) is 60.5 Å². The molecule has 0 aromatic heterocycles. The fraction of sp³-hybridized carbons (Fsp3) is 0.464. The van der Waals surface area contributed by atoms with Crippen LogP contribution in [0.5, 0.6) is 5.75 Å². The van der Waals surface area contributed by atoms with E-state index in [1.165, 1.54) is 17.6 Å². The zero-order valence-corrected chi connectivity index (χ0v) is 20.3. The molecule has 2 atom stereocenters. The van der Waals surface area contributed by atoms with Gasteiger partial charge in [0.25, 0.3) is 5.91 Å². The first-order valence-corrected chi connectivity index (χ1v) is 11.8. The van der Waals surface area contributed by atoms with E-state index in [4.69, 9.17) is 4.74 Å². The van der Waals surface area contributed by atoms with E-state index in [1.807, 2.05) is 43.0 Å². The third kappa shape index (κ3) is 6.01. The summed E-state index contributed by atoms with van der Waals surface area (Å²) in [6.07, 6.45) is 5.62. The minimum Gasteiger partial charge on any atom is -0.497 e. The van der Waals surface area contributed by atoms with Gasteiger partial charge in [-0.1, -0.05) is 35.9 Å². The Hall–Kier alpha value is -2.59. The minimum atomic E-state index is 0.110. The Morgan fingerprint density at radius 1 is 1.09 bits per heavy atom. The van der Waals surface area contributed by atoms with Gasteiger partial charge in [0, 0.05) is 25.2 Å². The second kappa shape index (κ2) is 11.3. The molecule has 1 fully saturated rings. The second-order valence-electron chi connectivity index (χ2n) is 9.05. The Balaban J connectivity index is 1.86. The molecule has 0 radical (unpaired) electrons. The molecule has 0 bridgehead atoms. The highest BCUT2D eigenvalue weighted by Crippen LogP contribution is 2.42. The van der Waals surface area contributed by atoms with E-state index >= 15 is 0 Å². The van der Waals surface area contributed by atoms with E-state index in [9.17, 15) is 4.79 Å². The number of carbonyl (C=O) groups excluding carboxylic acids is 1. The minimum absolute atomic E-state index is 0.110. The van der Waals surface area contributed by atoms with E-state index in [0.29, 0.717) is 11.8 Å². The molecular formula is C28H38N2O2. The molecule has 4 nitrogen and oxygen atoms in total. The molecular weight excluding hydrogens is 396 g/mol. The lowest BCUT2D eigenvalue weighted by Crippen LogP contribution is -2.30. The number of allylic oxidation sites excluding steroid dienone is 1. The SMILES string of the molecule is CCN(CC)C(=O)c1cccc(/C=C2\CC[C@@H](CN(C)C)[C@H](c3cccc(OC)c3)C2)c1. The smallest absolute Gasteiger partial charge is 0.253 e. The van der Waals surface area contributed by atoms with Crippen molar-refractivity contribution < 1.29 is 9.53 Å². The lowest BCUT2D eigenvalue weighted by atomic mass is 9.73. The van der Waals surface area contributed by atoms with Crippen molar-refractivity contribution in [1.29, 1.82) is 0 Å². The summed E-state index contributed by atoms with van der Waals surface area (Å²) in [5.74, 6) is 2.11. The van der Waals surface area contributed by atoms with Gasteiger partial charge in [-0.2, -0.15) is 0 Å². The predicted octanol–water partition coefficient (Wildman–Crippen LogP) is 5.71. The van der Waals surface area contributed by atoms with Crippen LogP contribution in [-0.4, -0.2) is 56.5 Å². The van der Waals surface area contributed by atoms with Gasteiger partial charge in [0.2, 0.25) is 0 Å². The topological polar surface area (TPSA) is 32.8 Å². The van der Waals surface area contributed by atoms with Crippen molar-refractivity contribution >= 4 is 12.0 Å². The van der Waals surface area contributed by atoms with Crippen LogP contribution in [0.15, 0.2) is 54.1 Å². The number of ether oxygens (including phenoxy) is 1. The van der Waals surface area contributed by atoms with Crippen LogP contribution >= 0.6 is 0 Å². The number of methoxy groups -OCH3 is 1. The number of benzene rings is 2. The van der Waals surface area contributed by atoms with Gasteiger partial charge >= 0.3 is 0 Å². The van der Waals surface area contributed by atoms with Gasteiger partial charge in [0.15, 0.2) is 0 Å². The molecule has 0 aliphatic heterocycles. The summed E-state index contributed by atoms with van der Waals surface area (Å²) in [4.78, 5) is 17.0. The highest BCUT2D eigenvalue weighted by Gasteiger charge is 2.29. The summed E-state index contributed by atoms with van der Waals surface area (Å²) in [7, 11) is 6.05. The van der Waals surface area contributed by atoms with Crippen LogP contribution in [0.4, 0.5) is 0 Å². The van der Waals surface area contributed by atoms with Crippen molar-refractivity contribution in [3.8, 4) is 5.75 Å². The molecule has 172 valence electrons. The fourth-order valence-corrected chi connectivity index (χ4v) is 4.89. The van der Waals surface area contributed by atoms with Crippen molar-refractivity contribution in [2.24, 2.45) is 5.92 Å². The quantitative estimate of drug-likeness (QED) is 0.534. The Morgan fingerprint density at radius 3 is 2.53 bits per heavy atom. The van der Waals surface area contributed by atoms with E-state index in [-0.39, 0.29) is 5.91 Å². The first-order chi connectivity index (χ1) is 15.4. The standard InChI is InChI=1S/C28H38N2O2/c1-6-30(7-2)28(31)24-12-8-10-21(17-24)16-22-14-15-25(20-29(3)4)27(18-22)23-11-9-13-26(19-23)32-5/h8-13,16-17,19,25,27H,6-7,14-15,18,20H2,1-5H3/b22-16+/t25-,27-/m0/s1. The zero-order valence-electron chi connectivity index (χ0n) is 20.3. The molecule has 2 aromatic carbocycles. The number of carbonyl (C=O) groups is 1. The second-order valence-corrected chi connectivity index (χ2v) is 9.05. The normalized spacial score (nSPS) is 19.9. The fourth-order valence-electron chi connectivity index (χ4n) is 4.89. The molecule has 4 heteroatoms. The summed E-state index contributed by atoms with van der Waals surface area (Å²) in [6, 6.07) is 16.6. The van der Waals surface area contributed by atoms with Crippen molar-refractivity contribution in [1.82, 2.24) is 9.80 Å². The lowest BCUT2D eigenvalue weighted by molar-refractivity contribution is 0.0773. The molecule has 1 aliphatic carbocycles. The summed E-state index contributed by atoms with van der Waals surface area (Å²) in [5.41, 5.74) is 4.70. The first kappa shape index (κ1) is 24.1. The highest BCUT2D eigenvalue weighted by molar-refractivity contribution is 5.94. The molecule has 1 amide bonds. The van der Waals surface area contributed by atoms with Gasteiger partial charge in [-0.25, -0.2) is 0 Å². The molecule has 0 N–H and O–H groups in total. The number of hydrogen-bond donors (Lipinski definition) is 0. The third-order valence-electron chi connectivity index (χ3n) is 6.56. The lowest BCUT2D eigenvalue weighted by Gasteiger charge is -2.35. The Labute approximate surface area is 193 Å². The summed E-state index contributed by atoms with van der Waals surface area (Å²) in [6.45, 7) is 6.60. The van der Waals surface area contributed by atoms with Crippen molar-refractivity contribution in [2.45, 2.75) is 39.0 Å². The largest absolute Gasteiger partial charge is 0.497 e. The average Bonchev–Trinajstić information content (AvgIpc) is 2.80. The molecule has 0 spiro atoms. The van der Waals surface area contributed by atoms with E-state index in [2.05, 4.69) is 49.3 Å². The molecule has 1 aliphatic rings. The van der Waals surface area contributed by atoms with Crippen LogP contribution in [0.2, 0.25) is 0 Å². The maximum absolute atomic E-state index is 12.8. The molecule has 2 aromatic rings. The van der Waals surface area contributed by atoms with Gasteiger partial charge in [-0.15, -0.1) is 0 Å². The molecule has 0 heterocycles. The maximum Gasteiger partial charge on any atom is 0.253 e. The van der Waals surface area contributed by atoms with Crippen LogP contribution in [-0.2, 0) is 0 Å². The van der Waals surface area contributed by atoms with E-state index < -0.39 is 0 Å². The number of hydrogen-bond acceptors (Lipinski definition) is 3. The van der Waals surface area contributed by atoms with Crippen molar-refractivity contribution in [3.63, 3.8) is 0 Å². The van der Waals surface area contributed by atoms with Crippen LogP contribution in [0.25, 0.3) is 6.08 Å². The Kier molecular flexibility index (Phi) is 8.52. The number of amides is 1. The Bertz CT molecular complexity index is 931. The van der Waals surface area contributed by atoms with Gasteiger partial charge < -0.3 is 14.5 Å². The number of nitrogens with zero attached hydrogens (tertiary/aromatic N) is 2. The summed E-state index contributed by atoms with van der Waals surface area (Å²) in [5, 5.41) is 0. The van der Waals surface area contributed by atoms with Crippen LogP contribution in [0.3, 0.4) is 0 Å². The van der Waals surface area contributed by atoms with E-state index in [1.54, 1.807) is 7.11 Å². The summed E-state index contributed by atoms with van der Waals surface area (Å²) < 4.78 is 5.50. The first-order valence-electron chi connectivity index (χ1n) is 11.8. The molecule has 1 saturated carbocycles. The summed E-state index contributed by atoms with van der Waals surface area (Å²) >= 11 is 0. The van der Waals surface area contributed by atoms with Crippen LogP contribution < -0.4 is 4.74 Å². The Morgan fingerprint density at radius 2 is 1.84 bits per heavy atom.